The summed E-state index contributed by atoms with van der Waals surface area (Å²) in [7, 11) is 4.20. The van der Waals surface area contributed by atoms with Crippen LogP contribution in [-0.2, 0) is 4.79 Å². The normalized spacial score (nSPS) is 11.7. The van der Waals surface area contributed by atoms with Crippen molar-refractivity contribution in [2.45, 2.75) is 19.4 Å². The van der Waals surface area contributed by atoms with Crippen LogP contribution in [0.25, 0.3) is 0 Å². The van der Waals surface area contributed by atoms with Crippen LogP contribution in [0, 0.1) is 0 Å². The van der Waals surface area contributed by atoms with Gasteiger partial charge in [0.15, 0.2) is 11.2 Å². The van der Waals surface area contributed by atoms with Gasteiger partial charge in [-0.2, -0.15) is 0 Å². The molecule has 4 N–H and O–H groups in total. The number of hydrogen-bond donors (Lipinski definition) is 4. The number of ether oxygens (including phenoxy) is 1. The van der Waals surface area contributed by atoms with Gasteiger partial charge in [0.1, 0.15) is 5.75 Å². The zero-order chi connectivity index (χ0) is 17.2. The maximum Gasteiger partial charge on any atom is 0.279 e. The fraction of sp³-hybridized carbons (Fsp3) is 0.467. The van der Waals surface area contributed by atoms with E-state index in [0.717, 1.165) is 24.0 Å². The van der Waals surface area contributed by atoms with E-state index in [1.807, 2.05) is 12.1 Å². The van der Waals surface area contributed by atoms with Gasteiger partial charge < -0.3 is 15.0 Å². The van der Waals surface area contributed by atoms with Gasteiger partial charge in [-0.25, -0.2) is 0 Å². The van der Waals surface area contributed by atoms with Crippen molar-refractivity contribution >= 4 is 39.2 Å². The second-order valence-corrected chi connectivity index (χ2v) is 6.72. The monoisotopic (exact) mass is 403 g/mol. The average molecular weight is 404 g/mol. The minimum absolute atomic E-state index is 0.299. The molecular formula is C15H24BrN4O2S+. The molecule has 23 heavy (non-hydrogen) atoms. The molecular weight excluding hydrogens is 380 g/mol. The molecule has 0 radical (unpaired) electrons. The van der Waals surface area contributed by atoms with Crippen molar-refractivity contribution < 1.29 is 14.4 Å². The quantitative estimate of drug-likeness (QED) is 0.298. The summed E-state index contributed by atoms with van der Waals surface area (Å²) in [5.41, 5.74) is 5.21. The van der Waals surface area contributed by atoms with Crippen molar-refractivity contribution in [3.8, 4) is 5.75 Å². The Kier molecular flexibility index (Phi) is 8.90. The highest BCUT2D eigenvalue weighted by Gasteiger charge is 2.14. The smallest absolute Gasteiger partial charge is 0.279 e. The molecule has 0 aliphatic heterocycles. The first kappa shape index (κ1) is 19.7. The Morgan fingerprint density at radius 1 is 1.39 bits per heavy atom. The number of carbonyl (C=O) groups is 1. The highest BCUT2D eigenvalue weighted by molar-refractivity contribution is 9.10. The van der Waals surface area contributed by atoms with Crippen LogP contribution in [0.1, 0.15) is 13.3 Å². The number of amides is 1. The molecule has 0 heterocycles. The van der Waals surface area contributed by atoms with E-state index in [2.05, 4.69) is 46.2 Å². The van der Waals surface area contributed by atoms with E-state index in [1.165, 1.54) is 4.90 Å². The van der Waals surface area contributed by atoms with Crippen LogP contribution in [-0.4, -0.2) is 44.3 Å². The molecule has 0 aliphatic carbocycles. The average Bonchev–Trinajstić information content (AvgIpc) is 2.49. The first-order valence-corrected chi connectivity index (χ1v) is 8.63. The lowest BCUT2D eigenvalue weighted by molar-refractivity contribution is -0.858. The number of nitrogens with one attached hydrogen (secondary N) is 4. The number of hydrogen-bond acceptors (Lipinski definition) is 3. The highest BCUT2D eigenvalue weighted by Crippen LogP contribution is 2.18. The third-order valence-electron chi connectivity index (χ3n) is 2.92. The van der Waals surface area contributed by atoms with Gasteiger partial charge in [0.05, 0.1) is 20.6 Å². The highest BCUT2D eigenvalue weighted by atomic mass is 79.9. The fourth-order valence-corrected chi connectivity index (χ4v) is 2.24. The van der Waals surface area contributed by atoms with Gasteiger partial charge in [0.25, 0.3) is 5.91 Å². The lowest BCUT2D eigenvalue weighted by atomic mass is 10.3. The van der Waals surface area contributed by atoms with E-state index < -0.39 is 6.10 Å². The second-order valence-electron chi connectivity index (χ2n) is 5.40. The summed E-state index contributed by atoms with van der Waals surface area (Å²) in [4.78, 5) is 13.3. The van der Waals surface area contributed by atoms with E-state index in [9.17, 15) is 4.79 Å². The molecule has 0 aromatic heterocycles. The van der Waals surface area contributed by atoms with E-state index in [-0.39, 0.29) is 5.91 Å². The summed E-state index contributed by atoms with van der Waals surface area (Å²) >= 11 is 8.45. The Morgan fingerprint density at radius 3 is 2.78 bits per heavy atom. The van der Waals surface area contributed by atoms with E-state index in [0.29, 0.717) is 10.9 Å². The minimum atomic E-state index is -0.642. The van der Waals surface area contributed by atoms with Crippen molar-refractivity contribution in [2.75, 3.05) is 27.2 Å². The molecule has 0 fully saturated rings. The van der Waals surface area contributed by atoms with Crippen LogP contribution in [0.4, 0.5) is 0 Å². The molecule has 0 saturated heterocycles. The van der Waals surface area contributed by atoms with Crippen molar-refractivity contribution in [1.82, 2.24) is 16.2 Å². The Labute approximate surface area is 151 Å². The van der Waals surface area contributed by atoms with Crippen molar-refractivity contribution in [3.05, 3.63) is 28.7 Å². The molecule has 1 atom stereocenters. The molecule has 1 aromatic rings. The zero-order valence-corrected chi connectivity index (χ0v) is 16.0. The van der Waals surface area contributed by atoms with Gasteiger partial charge >= 0.3 is 0 Å². The summed E-state index contributed by atoms with van der Waals surface area (Å²) in [6.45, 7) is 3.49. The van der Waals surface area contributed by atoms with Crippen LogP contribution < -0.4 is 25.8 Å². The Morgan fingerprint density at radius 2 is 2.13 bits per heavy atom. The lowest BCUT2D eigenvalue weighted by Gasteiger charge is -2.16. The predicted octanol–water partition coefficient (Wildman–Crippen LogP) is 0.246. The van der Waals surface area contributed by atoms with E-state index >= 15 is 0 Å². The standard InChI is InChI=1S/C15H23BrN4O2S/c1-11(22-13-7-4-6-12(16)10-13)14(21)18-19-15(23)17-8-5-9-20(2)3/h4,6-7,10-11H,5,8-9H2,1-3H3,(H,18,21)(H2,17,19,23)/p+1/t11-/m0/s1. The number of benzene rings is 1. The maximum atomic E-state index is 12.0. The first-order valence-electron chi connectivity index (χ1n) is 7.43. The van der Waals surface area contributed by atoms with Gasteiger partial charge in [-0.15, -0.1) is 0 Å². The summed E-state index contributed by atoms with van der Waals surface area (Å²) in [5, 5.41) is 3.43. The largest absolute Gasteiger partial charge is 0.481 e. The maximum absolute atomic E-state index is 12.0. The van der Waals surface area contributed by atoms with Crippen LogP contribution >= 0.6 is 28.1 Å². The first-order chi connectivity index (χ1) is 10.9. The molecule has 0 bridgehead atoms. The van der Waals surface area contributed by atoms with Crippen LogP contribution in [0.2, 0.25) is 0 Å². The van der Waals surface area contributed by atoms with E-state index in [1.54, 1.807) is 19.1 Å². The summed E-state index contributed by atoms with van der Waals surface area (Å²) in [5.74, 6) is 0.320. The second kappa shape index (κ2) is 10.4. The minimum Gasteiger partial charge on any atom is -0.481 e. The summed E-state index contributed by atoms with van der Waals surface area (Å²) in [6, 6.07) is 7.33. The number of rotatable bonds is 7. The molecule has 1 amide bonds. The van der Waals surface area contributed by atoms with Gasteiger partial charge in [-0.1, -0.05) is 22.0 Å². The van der Waals surface area contributed by atoms with Crippen LogP contribution in [0.3, 0.4) is 0 Å². The molecule has 0 unspecified atom stereocenters. The van der Waals surface area contributed by atoms with Crippen molar-refractivity contribution in [1.29, 1.82) is 0 Å². The molecule has 0 aliphatic rings. The number of carbonyl (C=O) groups excluding carboxylic acids is 1. The number of thiocarbonyl (C=S) groups is 1. The molecule has 1 aromatic carbocycles. The SMILES string of the molecule is C[C@H](Oc1cccc(Br)c1)C(=O)NNC(=S)NCCC[NH+](C)C. The van der Waals surface area contributed by atoms with Crippen molar-refractivity contribution in [2.24, 2.45) is 0 Å². The number of halogens is 1. The third kappa shape index (κ3) is 8.73. The Hall–Kier alpha value is -1.38. The van der Waals surface area contributed by atoms with Gasteiger partial charge in [0.2, 0.25) is 0 Å². The predicted molar refractivity (Wildman–Crippen MR) is 98.4 cm³/mol. The zero-order valence-electron chi connectivity index (χ0n) is 13.6. The fourth-order valence-electron chi connectivity index (χ4n) is 1.71. The summed E-state index contributed by atoms with van der Waals surface area (Å²) < 4.78 is 6.46. The number of quaternary nitrogens is 1. The van der Waals surface area contributed by atoms with Gasteiger partial charge in [-0.05, 0) is 37.3 Å². The van der Waals surface area contributed by atoms with E-state index in [4.69, 9.17) is 17.0 Å². The number of hydrazine groups is 1. The molecule has 1 rings (SSSR count). The van der Waals surface area contributed by atoms with Crippen LogP contribution in [0.15, 0.2) is 28.7 Å². The lowest BCUT2D eigenvalue weighted by Crippen LogP contribution is -3.05. The van der Waals surface area contributed by atoms with Crippen LogP contribution in [0.5, 0.6) is 5.75 Å². The molecule has 0 spiro atoms. The molecule has 0 saturated carbocycles. The topological polar surface area (TPSA) is 66.8 Å². The molecule has 6 nitrogen and oxygen atoms in total. The van der Waals surface area contributed by atoms with Crippen molar-refractivity contribution in [3.63, 3.8) is 0 Å². The van der Waals surface area contributed by atoms with Gasteiger partial charge in [-0.3, -0.25) is 15.6 Å². The Bertz CT molecular complexity index is 528. The third-order valence-corrected chi connectivity index (χ3v) is 3.66. The summed E-state index contributed by atoms with van der Waals surface area (Å²) in [6.07, 6.45) is 0.359. The van der Waals surface area contributed by atoms with Gasteiger partial charge in [0, 0.05) is 17.4 Å². The molecule has 8 heteroatoms. The Balaban J connectivity index is 2.25. The molecule has 128 valence electrons.